The van der Waals surface area contributed by atoms with Crippen LogP contribution in [0.15, 0.2) is 40.0 Å². The Morgan fingerprint density at radius 2 is 2.00 bits per heavy atom. The van der Waals surface area contributed by atoms with Crippen LogP contribution in [0.2, 0.25) is 0 Å². The summed E-state index contributed by atoms with van der Waals surface area (Å²) in [5.74, 6) is -0.444. The number of allylic oxidation sites excluding steroid dienone is 1. The lowest BCUT2D eigenvalue weighted by Gasteiger charge is -2.39. The van der Waals surface area contributed by atoms with Crippen molar-refractivity contribution in [1.29, 1.82) is 0 Å². The Morgan fingerprint density at radius 1 is 1.27 bits per heavy atom. The van der Waals surface area contributed by atoms with Gasteiger partial charge in [0.15, 0.2) is 10.8 Å². The number of aryl methyl sites for hydroxylation is 1. The van der Waals surface area contributed by atoms with Gasteiger partial charge in [-0.25, -0.2) is 9.80 Å². The Kier molecular flexibility index (Phi) is 5.07. The highest BCUT2D eigenvalue weighted by atomic mass is 32.2. The van der Waals surface area contributed by atoms with E-state index in [0.717, 1.165) is 16.9 Å². The molecule has 0 unspecified atom stereocenters. The van der Waals surface area contributed by atoms with Crippen LogP contribution in [0.5, 0.6) is 0 Å². The molecule has 1 atom stereocenters. The van der Waals surface area contributed by atoms with Gasteiger partial charge < -0.3 is 9.64 Å². The van der Waals surface area contributed by atoms with E-state index in [1.54, 1.807) is 6.92 Å². The van der Waals surface area contributed by atoms with Crippen LogP contribution in [0.4, 0.5) is 5.69 Å². The number of hydrogen-bond acceptors (Lipinski definition) is 8. The van der Waals surface area contributed by atoms with E-state index in [1.165, 1.54) is 30.4 Å². The van der Waals surface area contributed by atoms with Crippen molar-refractivity contribution >= 4 is 46.0 Å². The van der Waals surface area contributed by atoms with Gasteiger partial charge in [0, 0.05) is 19.7 Å². The molecule has 0 saturated heterocycles. The van der Waals surface area contributed by atoms with Gasteiger partial charge in [0.2, 0.25) is 4.33 Å². The van der Waals surface area contributed by atoms with Crippen molar-refractivity contribution in [2.24, 2.45) is 5.10 Å². The molecule has 138 valence electrons. The average molecular weight is 392 g/mol. The maximum Gasteiger partial charge on any atom is 0.346 e. The molecule has 0 aromatic heterocycles. The molecule has 6 nitrogen and oxygen atoms in total. The number of ketones is 1. The Hall–Kier alpha value is -1.93. The van der Waals surface area contributed by atoms with Crippen LogP contribution >= 0.6 is 23.5 Å². The summed E-state index contributed by atoms with van der Waals surface area (Å²) in [5.41, 5.74) is 2.76. The normalized spacial score (nSPS) is 22.3. The van der Waals surface area contributed by atoms with Crippen molar-refractivity contribution in [3.8, 4) is 0 Å². The highest BCUT2D eigenvalue weighted by Gasteiger charge is 2.56. The van der Waals surface area contributed by atoms with E-state index in [-0.39, 0.29) is 11.8 Å². The molecule has 2 heterocycles. The zero-order chi connectivity index (χ0) is 19.1. The maximum absolute atomic E-state index is 12.4. The molecule has 0 amide bonds. The summed E-state index contributed by atoms with van der Waals surface area (Å²) in [6, 6.07) is 7.93. The molecule has 0 fully saturated rings. The van der Waals surface area contributed by atoms with Gasteiger partial charge in [-0.15, -0.1) is 0 Å². The zero-order valence-electron chi connectivity index (χ0n) is 15.4. The van der Waals surface area contributed by atoms with Gasteiger partial charge in [-0.05, 0) is 50.2 Å². The molecule has 1 aromatic carbocycles. The number of carbonyl (C=O) groups is 2. The summed E-state index contributed by atoms with van der Waals surface area (Å²) >= 11 is 2.72. The lowest BCUT2D eigenvalue weighted by molar-refractivity contribution is -0.137. The Bertz CT molecular complexity index is 837. The van der Waals surface area contributed by atoms with Gasteiger partial charge in [-0.2, -0.15) is 5.10 Å². The molecule has 1 aromatic rings. The maximum atomic E-state index is 12.4. The van der Waals surface area contributed by atoms with Gasteiger partial charge in [-0.3, -0.25) is 4.79 Å². The zero-order valence-corrected chi connectivity index (χ0v) is 17.0. The molecule has 0 aliphatic carbocycles. The van der Waals surface area contributed by atoms with Crippen LogP contribution in [0.3, 0.4) is 0 Å². The number of thioether (sulfide) groups is 2. The molecule has 0 saturated carbocycles. The molecular formula is C18H21N3O3S2. The number of hydrazone groups is 1. The van der Waals surface area contributed by atoms with Crippen LogP contribution in [-0.4, -0.2) is 39.7 Å². The summed E-state index contributed by atoms with van der Waals surface area (Å²) in [6.07, 6.45) is 0. The van der Waals surface area contributed by atoms with Crippen molar-refractivity contribution in [2.75, 3.05) is 18.7 Å². The smallest absolute Gasteiger partial charge is 0.346 e. The second kappa shape index (κ2) is 7.00. The first-order valence-electron chi connectivity index (χ1n) is 8.26. The first kappa shape index (κ1) is 18.8. The molecule has 0 radical (unpaired) electrons. The fourth-order valence-corrected chi connectivity index (χ4v) is 5.64. The van der Waals surface area contributed by atoms with Crippen LogP contribution in [0.1, 0.15) is 26.3 Å². The fraction of sp³-hybridized carbons (Fsp3) is 0.389. The third kappa shape index (κ3) is 3.01. The first-order valence-corrected chi connectivity index (χ1v) is 9.89. The minimum atomic E-state index is -0.763. The predicted molar refractivity (Wildman–Crippen MR) is 107 cm³/mol. The predicted octanol–water partition coefficient (Wildman–Crippen LogP) is 3.54. The summed E-state index contributed by atoms with van der Waals surface area (Å²) in [6.45, 7) is 7.50. The lowest BCUT2D eigenvalue weighted by atomic mass is 10.2. The quantitative estimate of drug-likeness (QED) is 0.728. The second-order valence-electron chi connectivity index (χ2n) is 6.06. The number of ether oxygens (including phenoxy) is 1. The van der Waals surface area contributed by atoms with E-state index in [1.807, 2.05) is 55.1 Å². The number of benzene rings is 1. The molecular weight excluding hydrogens is 370 g/mol. The second-order valence-corrected chi connectivity index (χ2v) is 8.66. The number of nitrogens with zero attached hydrogens (tertiary/aromatic N) is 3. The third-order valence-electron chi connectivity index (χ3n) is 4.19. The number of Topliss-reactive ketones (excluding diaryl/α,β-unsaturated/α-hetero) is 1. The van der Waals surface area contributed by atoms with Crippen LogP contribution in [-0.2, 0) is 14.3 Å². The number of rotatable bonds is 4. The van der Waals surface area contributed by atoms with Crippen LogP contribution < -0.4 is 5.01 Å². The van der Waals surface area contributed by atoms with E-state index in [0.29, 0.717) is 16.6 Å². The molecule has 26 heavy (non-hydrogen) atoms. The lowest BCUT2D eigenvalue weighted by Crippen LogP contribution is -2.47. The van der Waals surface area contributed by atoms with E-state index in [2.05, 4.69) is 5.10 Å². The van der Waals surface area contributed by atoms with E-state index in [9.17, 15) is 9.59 Å². The van der Waals surface area contributed by atoms with Crippen molar-refractivity contribution in [3.05, 3.63) is 40.4 Å². The highest BCUT2D eigenvalue weighted by Crippen LogP contribution is 2.58. The minimum Gasteiger partial charge on any atom is -0.462 e. The molecule has 2 aliphatic rings. The van der Waals surface area contributed by atoms with Crippen LogP contribution in [0.25, 0.3) is 0 Å². The summed E-state index contributed by atoms with van der Waals surface area (Å²) in [4.78, 5) is 26.9. The number of hydrogen-bond donors (Lipinski definition) is 0. The van der Waals surface area contributed by atoms with Crippen LogP contribution in [0, 0.1) is 6.92 Å². The van der Waals surface area contributed by atoms with Gasteiger partial charge in [-0.1, -0.05) is 23.9 Å². The monoisotopic (exact) mass is 391 g/mol. The molecule has 8 heteroatoms. The molecule has 3 rings (SSSR count). The van der Waals surface area contributed by atoms with Crippen molar-refractivity contribution in [3.63, 3.8) is 0 Å². The third-order valence-corrected chi connectivity index (χ3v) is 7.34. The van der Waals surface area contributed by atoms with Gasteiger partial charge >= 0.3 is 5.97 Å². The van der Waals surface area contributed by atoms with E-state index >= 15 is 0 Å². The number of anilines is 1. The van der Waals surface area contributed by atoms with E-state index < -0.39 is 4.33 Å². The van der Waals surface area contributed by atoms with Gasteiger partial charge in [0.05, 0.1) is 12.3 Å². The highest BCUT2D eigenvalue weighted by molar-refractivity contribution is 8.28. The van der Waals surface area contributed by atoms with Crippen molar-refractivity contribution in [1.82, 2.24) is 4.90 Å². The van der Waals surface area contributed by atoms with Gasteiger partial charge in [0.25, 0.3) is 0 Å². The summed E-state index contributed by atoms with van der Waals surface area (Å²) in [5, 5.41) is 6.82. The topological polar surface area (TPSA) is 62.2 Å². The number of esters is 1. The molecule has 2 aliphatic heterocycles. The Balaban J connectivity index is 2.05. The number of carbonyl (C=O) groups excluding carboxylic acids is 2. The summed E-state index contributed by atoms with van der Waals surface area (Å²) in [7, 11) is 1.91. The van der Waals surface area contributed by atoms with Crippen molar-refractivity contribution in [2.45, 2.75) is 32.0 Å². The molecule has 0 bridgehead atoms. The Labute approximate surface area is 161 Å². The van der Waals surface area contributed by atoms with Gasteiger partial charge in [0.1, 0.15) is 4.91 Å². The fourth-order valence-electron chi connectivity index (χ4n) is 2.77. The Morgan fingerprint density at radius 3 is 2.62 bits per heavy atom. The SMILES string of the molecule is CCOC(=O)C1=C(C)N(C)[C@@]2(SC(C(C)=O)=NN2c2cccc(C)c2)S1. The van der Waals surface area contributed by atoms with Crippen molar-refractivity contribution < 1.29 is 14.3 Å². The first-order chi connectivity index (χ1) is 12.3. The average Bonchev–Trinajstić information content (AvgIpc) is 3.10. The minimum absolute atomic E-state index is 0.0965. The van der Waals surface area contributed by atoms with E-state index in [4.69, 9.17) is 4.74 Å². The largest absolute Gasteiger partial charge is 0.462 e. The standard InChI is InChI=1S/C18H21N3O3S2/c1-6-24-17(23)15-12(3)20(5)18(25-15)21(19-16(26-18)13(4)22)14-9-7-8-11(2)10-14/h7-10H,6H2,1-5H3/t18-/m0/s1. The molecule has 0 N–H and O–H groups in total. The summed E-state index contributed by atoms with van der Waals surface area (Å²) < 4.78 is 4.44. The molecule has 1 spiro atoms.